The highest BCUT2D eigenvalue weighted by atomic mass is 16.6. The first-order chi connectivity index (χ1) is 19.6. The van der Waals surface area contributed by atoms with E-state index in [1.54, 1.807) is 18.3 Å². The fourth-order valence-electron chi connectivity index (χ4n) is 4.51. The van der Waals surface area contributed by atoms with Crippen LogP contribution in [0.2, 0.25) is 0 Å². The number of nitrogens with one attached hydrogen (secondary N) is 1. The van der Waals surface area contributed by atoms with Crippen molar-refractivity contribution < 1.29 is 18.9 Å². The molecule has 40 heavy (non-hydrogen) atoms. The largest absolute Gasteiger partial charge is 0.490 e. The Balaban J connectivity index is 1.26. The number of ether oxygens (including phenoxy) is 2. The molecule has 3 aromatic heterocycles. The van der Waals surface area contributed by atoms with Crippen molar-refractivity contribution in [2.75, 3.05) is 26.0 Å². The maximum absolute atomic E-state index is 11.6. The zero-order valence-corrected chi connectivity index (χ0v) is 22.5. The molecule has 0 amide bonds. The maximum atomic E-state index is 11.6. The number of carbonyl (C=O) groups is 1. The fraction of sp³-hybridized carbons (Fsp3) is 0.276. The van der Waals surface area contributed by atoms with Crippen LogP contribution in [0.15, 0.2) is 65.4 Å². The number of nitrogen functional groups attached to an aromatic ring is 1. The van der Waals surface area contributed by atoms with E-state index in [2.05, 4.69) is 15.6 Å². The molecule has 0 bridgehead atoms. The number of anilines is 1. The van der Waals surface area contributed by atoms with E-state index >= 15 is 0 Å². The summed E-state index contributed by atoms with van der Waals surface area (Å²) in [5.41, 5.74) is 11.3. The summed E-state index contributed by atoms with van der Waals surface area (Å²) in [4.78, 5) is 21.2. The van der Waals surface area contributed by atoms with Crippen LogP contribution in [0.3, 0.4) is 0 Å². The lowest BCUT2D eigenvalue weighted by molar-refractivity contribution is 0.0600. The van der Waals surface area contributed by atoms with Crippen molar-refractivity contribution in [1.29, 1.82) is 0 Å². The van der Waals surface area contributed by atoms with Crippen LogP contribution in [0.4, 0.5) is 5.82 Å². The van der Waals surface area contributed by atoms with Crippen LogP contribution in [-0.4, -0.2) is 51.1 Å². The van der Waals surface area contributed by atoms with Crippen LogP contribution in [0.25, 0.3) is 33.8 Å². The number of benzene rings is 2. The third-order valence-corrected chi connectivity index (χ3v) is 6.53. The molecule has 0 radical (unpaired) electrons. The minimum atomic E-state index is -0.334. The molecule has 11 nitrogen and oxygen atoms in total. The van der Waals surface area contributed by atoms with Gasteiger partial charge in [-0.3, -0.25) is 0 Å². The Labute approximate surface area is 231 Å². The summed E-state index contributed by atoms with van der Waals surface area (Å²) in [6, 6.07) is 17.3. The molecule has 0 atom stereocenters. The average Bonchev–Trinajstić information content (AvgIpc) is 3.60. The van der Waals surface area contributed by atoms with Crippen molar-refractivity contribution in [3.63, 3.8) is 0 Å². The van der Waals surface area contributed by atoms with Gasteiger partial charge in [-0.1, -0.05) is 42.5 Å². The van der Waals surface area contributed by atoms with Crippen LogP contribution < -0.4 is 15.8 Å². The summed E-state index contributed by atoms with van der Waals surface area (Å²) in [6.45, 7) is 4.70. The first-order valence-electron chi connectivity index (χ1n) is 13.1. The molecule has 2 aromatic carbocycles. The van der Waals surface area contributed by atoms with Gasteiger partial charge in [0.15, 0.2) is 23.1 Å². The zero-order chi connectivity index (χ0) is 27.9. The highest BCUT2D eigenvalue weighted by molar-refractivity contribution is 5.95. The number of carbonyl (C=O) groups excluding carboxylic acids is 1. The van der Waals surface area contributed by atoms with Crippen LogP contribution in [0, 0.1) is 0 Å². The predicted octanol–water partition coefficient (Wildman–Crippen LogP) is 4.49. The number of nitrogens with two attached hydrogens (primary N) is 1. The monoisotopic (exact) mass is 541 g/mol. The minimum absolute atomic E-state index is 0.175. The molecule has 3 N–H and O–H groups in total. The quantitative estimate of drug-likeness (QED) is 0.171. The smallest absolute Gasteiger partial charge is 0.337 e. The van der Waals surface area contributed by atoms with Crippen LogP contribution >= 0.6 is 0 Å². The third kappa shape index (κ3) is 5.64. The van der Waals surface area contributed by atoms with Gasteiger partial charge in [-0.25, -0.2) is 19.4 Å². The minimum Gasteiger partial charge on any atom is -0.490 e. The third-order valence-electron chi connectivity index (χ3n) is 6.53. The van der Waals surface area contributed by atoms with Crippen molar-refractivity contribution >= 4 is 22.8 Å². The van der Waals surface area contributed by atoms with Crippen LogP contribution in [-0.2, 0) is 17.8 Å². The van der Waals surface area contributed by atoms with Crippen molar-refractivity contribution in [1.82, 2.24) is 30.2 Å². The van der Waals surface area contributed by atoms with Crippen molar-refractivity contribution in [2.24, 2.45) is 0 Å². The Kier molecular flexibility index (Phi) is 8.31. The lowest BCUT2D eigenvalue weighted by Crippen LogP contribution is -2.15. The molecular weight excluding hydrogens is 510 g/mol. The number of nitrogens with zero attached hydrogens (tertiary/aromatic N) is 5. The topological polar surface area (TPSA) is 143 Å². The summed E-state index contributed by atoms with van der Waals surface area (Å²) < 4.78 is 17.8. The molecule has 0 aliphatic carbocycles. The first kappa shape index (κ1) is 26.8. The van der Waals surface area contributed by atoms with Gasteiger partial charge in [-0.15, -0.1) is 0 Å². The zero-order valence-electron chi connectivity index (χ0n) is 22.5. The second kappa shape index (κ2) is 12.4. The van der Waals surface area contributed by atoms with E-state index in [1.807, 2.05) is 54.0 Å². The number of aryl methyl sites for hydroxylation is 1. The number of fused-ring (bicyclic) bond motifs is 1. The Morgan fingerprint density at radius 2 is 1.85 bits per heavy atom. The maximum Gasteiger partial charge on any atom is 0.337 e. The normalized spacial score (nSPS) is 11.2. The Morgan fingerprint density at radius 1 is 1.05 bits per heavy atom. The molecule has 0 unspecified atom stereocenters. The molecule has 3 heterocycles. The van der Waals surface area contributed by atoms with Gasteiger partial charge in [-0.2, -0.15) is 0 Å². The van der Waals surface area contributed by atoms with Gasteiger partial charge >= 0.3 is 5.97 Å². The van der Waals surface area contributed by atoms with Crippen LogP contribution in [0.5, 0.6) is 5.75 Å². The van der Waals surface area contributed by atoms with Crippen molar-refractivity contribution in [3.05, 3.63) is 71.9 Å². The number of unbranched alkanes of at least 4 members (excludes halogenated alkanes) is 1. The van der Waals surface area contributed by atoms with E-state index in [4.69, 9.17) is 29.8 Å². The first-order valence-corrected chi connectivity index (χ1v) is 13.1. The van der Waals surface area contributed by atoms with Crippen LogP contribution in [0.1, 0.15) is 35.7 Å². The summed E-state index contributed by atoms with van der Waals surface area (Å²) in [7, 11) is 1.38. The Morgan fingerprint density at radius 3 is 2.55 bits per heavy atom. The molecule has 5 rings (SSSR count). The Hall–Kier alpha value is -4.77. The fourth-order valence-corrected chi connectivity index (χ4v) is 4.51. The lowest BCUT2D eigenvalue weighted by atomic mass is 10.1. The number of pyridine rings is 1. The Bertz CT molecular complexity index is 1580. The highest BCUT2D eigenvalue weighted by Crippen LogP contribution is 2.36. The summed E-state index contributed by atoms with van der Waals surface area (Å²) in [6.07, 6.45) is 3.53. The number of esters is 1. The standard InChI is InChI=1S/C29H31N7O4/c1-3-36-26-22(39-16-8-7-15-31-17-19-11-13-21(14-12-19)29(37)38-2)18-32-23(20-9-5-4-6-10-20)24(26)33-28(36)25-27(30)35-40-34-25/h4-6,9-14,18,31H,3,7-8,15-17H2,1-2H3,(H2,30,35). The number of imidazole rings is 1. The average molecular weight is 542 g/mol. The second-order valence-electron chi connectivity index (χ2n) is 9.13. The number of rotatable bonds is 12. The van der Waals surface area contributed by atoms with E-state index in [9.17, 15) is 4.79 Å². The summed E-state index contributed by atoms with van der Waals surface area (Å²) >= 11 is 0. The summed E-state index contributed by atoms with van der Waals surface area (Å²) in [5, 5.41) is 11.1. The molecular formula is C29H31N7O4. The second-order valence-corrected chi connectivity index (χ2v) is 9.13. The molecule has 11 heteroatoms. The summed E-state index contributed by atoms with van der Waals surface area (Å²) in [5.74, 6) is 1.03. The molecule has 0 saturated heterocycles. The molecule has 206 valence electrons. The van der Waals surface area contributed by atoms with Gasteiger partial charge in [0, 0.05) is 18.7 Å². The van der Waals surface area contributed by atoms with Crippen molar-refractivity contribution in [3.8, 4) is 28.5 Å². The molecule has 0 aliphatic rings. The molecule has 0 saturated carbocycles. The lowest BCUT2D eigenvalue weighted by Gasteiger charge is -2.12. The molecule has 0 spiro atoms. The van der Waals surface area contributed by atoms with E-state index in [1.165, 1.54) is 7.11 Å². The van der Waals surface area contributed by atoms with E-state index in [0.717, 1.165) is 41.7 Å². The van der Waals surface area contributed by atoms with Gasteiger partial charge < -0.3 is 25.1 Å². The van der Waals surface area contributed by atoms with Gasteiger partial charge in [0.25, 0.3) is 0 Å². The van der Waals surface area contributed by atoms with E-state index in [0.29, 0.717) is 48.0 Å². The van der Waals surface area contributed by atoms with Gasteiger partial charge in [0.1, 0.15) is 11.0 Å². The van der Waals surface area contributed by atoms with E-state index in [-0.39, 0.29) is 11.8 Å². The molecule has 5 aromatic rings. The van der Waals surface area contributed by atoms with Gasteiger partial charge in [0.2, 0.25) is 0 Å². The van der Waals surface area contributed by atoms with Gasteiger partial charge in [-0.05, 0) is 54.3 Å². The van der Waals surface area contributed by atoms with Crippen molar-refractivity contribution in [2.45, 2.75) is 32.9 Å². The number of hydrogen-bond acceptors (Lipinski definition) is 10. The van der Waals surface area contributed by atoms with Gasteiger partial charge in [0.05, 0.1) is 31.2 Å². The number of hydrogen-bond donors (Lipinski definition) is 2. The number of methoxy groups -OCH3 is 1. The predicted molar refractivity (Wildman–Crippen MR) is 151 cm³/mol. The SMILES string of the molecule is CCn1c(-c2nonc2N)nc2c(-c3ccccc3)ncc(OCCCCNCc3ccc(C(=O)OC)cc3)c21. The molecule has 0 fully saturated rings. The van der Waals surface area contributed by atoms with E-state index < -0.39 is 0 Å². The highest BCUT2D eigenvalue weighted by Gasteiger charge is 2.24. The number of aromatic nitrogens is 5. The molecule has 0 aliphatic heterocycles.